The molecular formula is C25H18ClN3O4S. The smallest absolute Gasteiger partial charge is 0.318 e. The van der Waals surface area contributed by atoms with Gasteiger partial charge in [0.25, 0.3) is 11.8 Å². The Morgan fingerprint density at radius 1 is 0.941 bits per heavy atom. The van der Waals surface area contributed by atoms with Gasteiger partial charge in [0.1, 0.15) is 0 Å². The first kappa shape index (κ1) is 22.2. The summed E-state index contributed by atoms with van der Waals surface area (Å²) in [4.78, 5) is 42.9. The highest BCUT2D eigenvalue weighted by atomic mass is 35.5. The van der Waals surface area contributed by atoms with Crippen LogP contribution < -0.4 is 0 Å². The van der Waals surface area contributed by atoms with Crippen LogP contribution in [0.25, 0.3) is 11.0 Å². The Bertz CT molecular complexity index is 1390. The zero-order valence-electron chi connectivity index (χ0n) is 17.8. The first-order chi connectivity index (χ1) is 16.5. The number of rotatable bonds is 7. The lowest BCUT2D eigenvalue weighted by atomic mass is 10.1. The number of thioether (sulfide) groups is 1. The number of fused-ring (bicyclic) bond motifs is 2. The van der Waals surface area contributed by atoms with Gasteiger partial charge in [0.05, 0.1) is 34.5 Å². The van der Waals surface area contributed by atoms with Crippen LogP contribution in [0.1, 0.15) is 26.3 Å². The minimum Gasteiger partial charge on any atom is -0.443 e. The molecule has 1 aliphatic rings. The predicted octanol–water partition coefficient (Wildman–Crippen LogP) is 4.63. The van der Waals surface area contributed by atoms with Crippen LogP contribution in [0.4, 0.5) is 0 Å². The van der Waals surface area contributed by atoms with Crippen LogP contribution in [-0.2, 0) is 16.1 Å². The molecule has 3 aromatic carbocycles. The number of benzene rings is 3. The Kier molecular flexibility index (Phi) is 6.08. The summed E-state index contributed by atoms with van der Waals surface area (Å²) >= 11 is 7.36. The first-order valence-electron chi connectivity index (χ1n) is 10.4. The lowest BCUT2D eigenvalue weighted by Gasteiger charge is -2.14. The number of esters is 1. The fourth-order valence-corrected chi connectivity index (χ4v) is 4.75. The molecule has 7 nitrogen and oxygen atoms in total. The van der Waals surface area contributed by atoms with Gasteiger partial charge in [0.15, 0.2) is 11.9 Å². The Balaban J connectivity index is 1.27. The van der Waals surface area contributed by atoms with Crippen LogP contribution in [0, 0.1) is 0 Å². The summed E-state index contributed by atoms with van der Waals surface area (Å²) < 4.78 is 7.25. The van der Waals surface area contributed by atoms with Gasteiger partial charge in [0.2, 0.25) is 0 Å². The van der Waals surface area contributed by atoms with Crippen molar-refractivity contribution in [3.63, 3.8) is 0 Å². The normalized spacial score (nSPS) is 12.9. The van der Waals surface area contributed by atoms with Crippen molar-refractivity contribution in [3.8, 4) is 0 Å². The van der Waals surface area contributed by atoms with Crippen LogP contribution >= 0.6 is 23.4 Å². The molecule has 0 aliphatic carbocycles. The second-order valence-electron chi connectivity index (χ2n) is 7.62. The number of carbonyl (C=O) groups excluding carboxylic acids is 3. The molecular weight excluding hydrogens is 474 g/mol. The average molecular weight is 492 g/mol. The average Bonchev–Trinajstić information content (AvgIpc) is 3.31. The number of hydrogen-bond donors (Lipinski definition) is 0. The number of carbonyl (C=O) groups is 3. The van der Waals surface area contributed by atoms with Crippen LogP contribution in [-0.4, -0.2) is 44.7 Å². The highest BCUT2D eigenvalue weighted by molar-refractivity contribution is 7.99. The molecule has 0 radical (unpaired) electrons. The molecule has 0 bridgehead atoms. The molecule has 2 heterocycles. The van der Waals surface area contributed by atoms with Crippen molar-refractivity contribution in [3.05, 3.63) is 94.5 Å². The summed E-state index contributed by atoms with van der Waals surface area (Å²) in [6.45, 7) is 0.146. The van der Waals surface area contributed by atoms with Crippen molar-refractivity contribution >= 4 is 52.2 Å². The molecule has 4 aromatic rings. The van der Waals surface area contributed by atoms with E-state index in [1.165, 1.54) is 11.8 Å². The molecule has 170 valence electrons. The summed E-state index contributed by atoms with van der Waals surface area (Å²) in [5.41, 5.74) is 3.34. The predicted molar refractivity (Wildman–Crippen MR) is 129 cm³/mol. The standard InChI is InChI=1S/C25H18ClN3O4S/c26-17-10-11-21-20(12-17)27-25(28(21)13-16-6-2-1-3-7-16)34-14-22(30)33-15-29-23(31)18-8-4-5-9-19(18)24(29)32/h1-12H,13-15H2. The Morgan fingerprint density at radius 3 is 2.32 bits per heavy atom. The molecule has 9 heteroatoms. The van der Waals surface area contributed by atoms with Crippen molar-refractivity contribution in [2.45, 2.75) is 11.7 Å². The highest BCUT2D eigenvalue weighted by Gasteiger charge is 2.35. The SMILES string of the molecule is O=C(CSc1nc2cc(Cl)ccc2n1Cc1ccccc1)OCN1C(=O)c2ccccc2C1=O. The van der Waals surface area contributed by atoms with Crippen LogP contribution in [0.2, 0.25) is 5.02 Å². The molecule has 0 N–H and O–H groups in total. The number of imide groups is 1. The van der Waals surface area contributed by atoms with Crippen molar-refractivity contribution in [1.82, 2.24) is 14.5 Å². The number of hydrogen-bond acceptors (Lipinski definition) is 6. The second kappa shape index (κ2) is 9.32. The number of aromatic nitrogens is 2. The molecule has 0 saturated heterocycles. The lowest BCUT2D eigenvalue weighted by Crippen LogP contribution is -2.33. The fraction of sp³-hybridized carbons (Fsp3) is 0.120. The Labute approximate surface area is 204 Å². The molecule has 2 amide bonds. The van der Waals surface area contributed by atoms with Gasteiger partial charge in [-0.15, -0.1) is 0 Å². The Morgan fingerprint density at radius 2 is 1.62 bits per heavy atom. The third kappa shape index (κ3) is 4.30. The minimum absolute atomic E-state index is 0.0327. The summed E-state index contributed by atoms with van der Waals surface area (Å²) in [5.74, 6) is -1.53. The van der Waals surface area contributed by atoms with E-state index in [1.54, 1.807) is 36.4 Å². The molecule has 5 rings (SSSR count). The van der Waals surface area contributed by atoms with Gasteiger partial charge < -0.3 is 9.30 Å². The fourth-order valence-electron chi connectivity index (χ4n) is 3.77. The van der Waals surface area contributed by atoms with E-state index in [9.17, 15) is 14.4 Å². The molecule has 0 atom stereocenters. The molecule has 0 unspecified atom stereocenters. The largest absolute Gasteiger partial charge is 0.443 e. The quantitative estimate of drug-likeness (QED) is 0.213. The van der Waals surface area contributed by atoms with Gasteiger partial charge in [-0.2, -0.15) is 0 Å². The number of amides is 2. The van der Waals surface area contributed by atoms with Crippen LogP contribution in [0.5, 0.6) is 0 Å². The number of imidazole rings is 1. The molecule has 0 spiro atoms. The maximum absolute atomic E-state index is 12.4. The zero-order chi connectivity index (χ0) is 23.7. The second-order valence-corrected chi connectivity index (χ2v) is 9.00. The number of ether oxygens (including phenoxy) is 1. The third-order valence-electron chi connectivity index (χ3n) is 5.41. The van der Waals surface area contributed by atoms with Gasteiger partial charge in [-0.1, -0.05) is 65.8 Å². The van der Waals surface area contributed by atoms with Gasteiger partial charge >= 0.3 is 5.97 Å². The maximum atomic E-state index is 12.4. The van der Waals surface area contributed by atoms with Crippen molar-refractivity contribution in [1.29, 1.82) is 0 Å². The minimum atomic E-state index is -0.557. The van der Waals surface area contributed by atoms with Crippen molar-refractivity contribution in [2.24, 2.45) is 0 Å². The van der Waals surface area contributed by atoms with E-state index in [0.29, 0.717) is 27.9 Å². The summed E-state index contributed by atoms with van der Waals surface area (Å²) in [7, 11) is 0. The lowest BCUT2D eigenvalue weighted by molar-refractivity contribution is -0.142. The van der Waals surface area contributed by atoms with E-state index < -0.39 is 24.5 Å². The summed E-state index contributed by atoms with van der Waals surface area (Å²) in [6, 6.07) is 21.9. The van der Waals surface area contributed by atoms with Gasteiger partial charge in [-0.25, -0.2) is 9.88 Å². The topological polar surface area (TPSA) is 81.5 Å². The number of halogens is 1. The zero-order valence-corrected chi connectivity index (χ0v) is 19.4. The van der Waals surface area contributed by atoms with E-state index in [1.807, 2.05) is 41.0 Å². The summed E-state index contributed by atoms with van der Waals surface area (Å²) in [5, 5.41) is 1.22. The van der Waals surface area contributed by atoms with E-state index >= 15 is 0 Å². The van der Waals surface area contributed by atoms with Crippen molar-refractivity contribution < 1.29 is 19.1 Å². The van der Waals surface area contributed by atoms with E-state index in [2.05, 4.69) is 4.98 Å². The number of nitrogens with zero attached hydrogens (tertiary/aromatic N) is 3. The monoisotopic (exact) mass is 491 g/mol. The van der Waals surface area contributed by atoms with E-state index in [4.69, 9.17) is 16.3 Å². The van der Waals surface area contributed by atoms with Gasteiger partial charge in [0, 0.05) is 5.02 Å². The molecule has 0 fully saturated rings. The van der Waals surface area contributed by atoms with Gasteiger partial charge in [-0.05, 0) is 35.9 Å². The molecule has 1 aliphatic heterocycles. The molecule has 0 saturated carbocycles. The Hall–Kier alpha value is -3.62. The first-order valence-corrected chi connectivity index (χ1v) is 11.8. The van der Waals surface area contributed by atoms with E-state index in [0.717, 1.165) is 21.5 Å². The summed E-state index contributed by atoms with van der Waals surface area (Å²) in [6.07, 6.45) is 0. The van der Waals surface area contributed by atoms with Gasteiger partial charge in [-0.3, -0.25) is 14.4 Å². The highest BCUT2D eigenvalue weighted by Crippen LogP contribution is 2.28. The van der Waals surface area contributed by atoms with E-state index in [-0.39, 0.29) is 5.75 Å². The third-order valence-corrected chi connectivity index (χ3v) is 6.60. The molecule has 1 aromatic heterocycles. The maximum Gasteiger partial charge on any atom is 0.318 e. The van der Waals surface area contributed by atoms with Crippen LogP contribution in [0.3, 0.4) is 0 Å². The molecule has 34 heavy (non-hydrogen) atoms. The van der Waals surface area contributed by atoms with Crippen LogP contribution in [0.15, 0.2) is 78.0 Å². The van der Waals surface area contributed by atoms with Crippen molar-refractivity contribution in [2.75, 3.05) is 12.5 Å².